The van der Waals surface area contributed by atoms with Crippen molar-refractivity contribution in [3.05, 3.63) is 71.3 Å². The molecule has 4 heteroatoms. The maximum absolute atomic E-state index is 12.9. The number of carbonyl (C=O) groups excluding carboxylic acids is 1. The van der Waals surface area contributed by atoms with Gasteiger partial charge in [-0.05, 0) is 23.3 Å². The molecule has 0 unspecified atom stereocenters. The molecule has 1 amide bonds. The van der Waals surface area contributed by atoms with Crippen LogP contribution in [0.15, 0.2) is 54.6 Å². The molecule has 23 heavy (non-hydrogen) atoms. The summed E-state index contributed by atoms with van der Waals surface area (Å²) in [5, 5.41) is 0. The van der Waals surface area contributed by atoms with E-state index in [1.807, 2.05) is 59.5 Å². The number of carbonyl (C=O) groups is 1. The number of methoxy groups -OCH3 is 1. The molecule has 0 aromatic heterocycles. The van der Waals surface area contributed by atoms with Gasteiger partial charge in [-0.1, -0.05) is 42.5 Å². The number of nitrogens with zero attached hydrogens (tertiary/aromatic N) is 1. The van der Waals surface area contributed by atoms with E-state index < -0.39 is 0 Å². The van der Waals surface area contributed by atoms with Gasteiger partial charge in [0.25, 0.3) is 5.91 Å². The second kappa shape index (κ2) is 7.40. The lowest BCUT2D eigenvalue weighted by Gasteiger charge is -2.36. The Bertz CT molecular complexity index is 639. The van der Waals surface area contributed by atoms with Crippen LogP contribution < -0.4 is 0 Å². The minimum atomic E-state index is -0.0314. The van der Waals surface area contributed by atoms with Gasteiger partial charge in [0.2, 0.25) is 0 Å². The fraction of sp³-hybridized carbons (Fsp3) is 0.316. The third-order valence-corrected chi connectivity index (χ3v) is 4.09. The van der Waals surface area contributed by atoms with Gasteiger partial charge < -0.3 is 14.4 Å². The number of hydrogen-bond acceptors (Lipinski definition) is 3. The summed E-state index contributed by atoms with van der Waals surface area (Å²) in [5.74, 6) is 0.0473. The molecule has 1 atom stereocenters. The van der Waals surface area contributed by atoms with Crippen molar-refractivity contribution in [2.75, 3.05) is 26.9 Å². The zero-order chi connectivity index (χ0) is 16.1. The van der Waals surface area contributed by atoms with E-state index in [2.05, 4.69) is 0 Å². The minimum Gasteiger partial charge on any atom is -0.380 e. The molecule has 2 aromatic rings. The number of ether oxygens (including phenoxy) is 2. The summed E-state index contributed by atoms with van der Waals surface area (Å²) >= 11 is 0. The van der Waals surface area contributed by atoms with Gasteiger partial charge >= 0.3 is 0 Å². The molecule has 1 aliphatic rings. The standard InChI is InChI=1S/C19H21NO3/c1-22-13-15-7-9-17(10-8-15)19(21)20-11-12-23-14-18(20)16-5-3-2-4-6-16/h2-10,18H,11-14H2,1H3/t18-/m0/s1. The summed E-state index contributed by atoms with van der Waals surface area (Å²) in [4.78, 5) is 14.8. The predicted molar refractivity (Wildman–Crippen MR) is 88.2 cm³/mol. The molecule has 1 saturated heterocycles. The first kappa shape index (κ1) is 15.7. The largest absolute Gasteiger partial charge is 0.380 e. The lowest BCUT2D eigenvalue weighted by Crippen LogP contribution is -2.43. The van der Waals surface area contributed by atoms with Crippen molar-refractivity contribution in [2.45, 2.75) is 12.6 Å². The maximum Gasteiger partial charge on any atom is 0.254 e. The highest BCUT2D eigenvalue weighted by atomic mass is 16.5. The second-order valence-electron chi connectivity index (χ2n) is 5.63. The normalized spacial score (nSPS) is 18.0. The first-order valence-electron chi connectivity index (χ1n) is 7.81. The lowest BCUT2D eigenvalue weighted by molar-refractivity contribution is -0.00269. The maximum atomic E-state index is 12.9. The minimum absolute atomic E-state index is 0.0314. The quantitative estimate of drug-likeness (QED) is 0.871. The van der Waals surface area contributed by atoms with E-state index >= 15 is 0 Å². The Hall–Kier alpha value is -2.17. The molecule has 2 aromatic carbocycles. The predicted octanol–water partition coefficient (Wildman–Crippen LogP) is 3.05. The van der Waals surface area contributed by atoms with Crippen LogP contribution in [0, 0.1) is 0 Å². The molecule has 1 fully saturated rings. The molecule has 4 nitrogen and oxygen atoms in total. The average molecular weight is 311 g/mol. The summed E-state index contributed by atoms with van der Waals surface area (Å²) in [6.45, 7) is 2.28. The molecule has 0 radical (unpaired) electrons. The first-order chi connectivity index (χ1) is 11.3. The SMILES string of the molecule is COCc1ccc(C(=O)N2CCOC[C@H]2c2ccccc2)cc1. The summed E-state index contributed by atoms with van der Waals surface area (Å²) < 4.78 is 10.7. The van der Waals surface area contributed by atoms with Gasteiger partial charge in [-0.25, -0.2) is 0 Å². The van der Waals surface area contributed by atoms with E-state index in [4.69, 9.17) is 9.47 Å². The Balaban J connectivity index is 1.81. The van der Waals surface area contributed by atoms with Crippen LogP contribution in [0.2, 0.25) is 0 Å². The summed E-state index contributed by atoms with van der Waals surface area (Å²) in [6, 6.07) is 17.6. The van der Waals surface area contributed by atoms with Gasteiger partial charge in [-0.2, -0.15) is 0 Å². The average Bonchev–Trinajstić information content (AvgIpc) is 2.63. The molecule has 0 aliphatic carbocycles. The van der Waals surface area contributed by atoms with Crippen molar-refractivity contribution in [2.24, 2.45) is 0 Å². The fourth-order valence-electron chi connectivity index (χ4n) is 2.87. The zero-order valence-corrected chi connectivity index (χ0v) is 13.3. The van der Waals surface area contributed by atoms with Crippen LogP contribution in [0.25, 0.3) is 0 Å². The molecule has 0 bridgehead atoms. The monoisotopic (exact) mass is 311 g/mol. The second-order valence-corrected chi connectivity index (χ2v) is 5.63. The highest BCUT2D eigenvalue weighted by molar-refractivity contribution is 5.94. The van der Waals surface area contributed by atoms with Crippen molar-refractivity contribution in [3.63, 3.8) is 0 Å². The smallest absolute Gasteiger partial charge is 0.254 e. The number of amides is 1. The molecule has 1 heterocycles. The lowest BCUT2D eigenvalue weighted by atomic mass is 10.0. The van der Waals surface area contributed by atoms with E-state index in [0.29, 0.717) is 31.9 Å². The number of benzene rings is 2. The van der Waals surface area contributed by atoms with Crippen LogP contribution >= 0.6 is 0 Å². The highest BCUT2D eigenvalue weighted by Crippen LogP contribution is 2.26. The van der Waals surface area contributed by atoms with E-state index in [-0.39, 0.29) is 11.9 Å². The van der Waals surface area contributed by atoms with Crippen LogP contribution in [-0.4, -0.2) is 37.7 Å². The van der Waals surface area contributed by atoms with Crippen LogP contribution in [0.3, 0.4) is 0 Å². The summed E-state index contributed by atoms with van der Waals surface area (Å²) in [5.41, 5.74) is 2.87. The number of morpholine rings is 1. The Morgan fingerprint density at radius 1 is 1.17 bits per heavy atom. The summed E-state index contributed by atoms with van der Waals surface area (Å²) in [7, 11) is 1.66. The van der Waals surface area contributed by atoms with Crippen molar-refractivity contribution in [1.29, 1.82) is 0 Å². The van der Waals surface area contributed by atoms with Crippen LogP contribution in [0.5, 0.6) is 0 Å². The molecule has 1 aliphatic heterocycles. The molecular formula is C19H21NO3. The van der Waals surface area contributed by atoms with Gasteiger partial charge in [0.15, 0.2) is 0 Å². The molecule has 0 N–H and O–H groups in total. The van der Waals surface area contributed by atoms with Gasteiger partial charge in [0, 0.05) is 19.2 Å². The fourth-order valence-corrected chi connectivity index (χ4v) is 2.87. The molecule has 0 saturated carbocycles. The van der Waals surface area contributed by atoms with Crippen molar-refractivity contribution in [1.82, 2.24) is 4.90 Å². The molecule has 0 spiro atoms. The van der Waals surface area contributed by atoms with Crippen molar-refractivity contribution >= 4 is 5.91 Å². The van der Waals surface area contributed by atoms with Gasteiger partial charge in [0.1, 0.15) is 0 Å². The molecule has 3 rings (SSSR count). The Morgan fingerprint density at radius 3 is 2.61 bits per heavy atom. The van der Waals surface area contributed by atoms with E-state index in [1.165, 1.54) is 0 Å². The summed E-state index contributed by atoms with van der Waals surface area (Å²) in [6.07, 6.45) is 0. The Morgan fingerprint density at radius 2 is 1.91 bits per heavy atom. The van der Waals surface area contributed by atoms with Gasteiger partial charge in [0.05, 0.1) is 25.9 Å². The molecule has 120 valence electrons. The van der Waals surface area contributed by atoms with Crippen LogP contribution in [0.1, 0.15) is 27.5 Å². The van der Waals surface area contributed by atoms with Crippen molar-refractivity contribution < 1.29 is 14.3 Å². The van der Waals surface area contributed by atoms with Gasteiger partial charge in [-0.3, -0.25) is 4.79 Å². The molecular weight excluding hydrogens is 290 g/mol. The van der Waals surface area contributed by atoms with Crippen LogP contribution in [0.4, 0.5) is 0 Å². The highest BCUT2D eigenvalue weighted by Gasteiger charge is 2.29. The van der Waals surface area contributed by atoms with Crippen LogP contribution in [-0.2, 0) is 16.1 Å². The number of hydrogen-bond donors (Lipinski definition) is 0. The number of rotatable bonds is 4. The van der Waals surface area contributed by atoms with E-state index in [1.54, 1.807) is 7.11 Å². The zero-order valence-electron chi connectivity index (χ0n) is 13.3. The van der Waals surface area contributed by atoms with E-state index in [9.17, 15) is 4.79 Å². The third-order valence-electron chi connectivity index (χ3n) is 4.09. The van der Waals surface area contributed by atoms with Gasteiger partial charge in [-0.15, -0.1) is 0 Å². The first-order valence-corrected chi connectivity index (χ1v) is 7.81. The van der Waals surface area contributed by atoms with Crippen molar-refractivity contribution in [3.8, 4) is 0 Å². The third kappa shape index (κ3) is 3.60. The Kier molecular flexibility index (Phi) is 5.05. The Labute approximate surface area is 136 Å². The van der Waals surface area contributed by atoms with E-state index in [0.717, 1.165) is 11.1 Å². The topological polar surface area (TPSA) is 38.8 Å².